The standard InChI is InChI=1S/C12H20F3NO3/c1-8(9(17)19-10(2,3)4)16-6-5-11(18,7-16)12(13,14)15/h8,18H,5-7H2,1-4H3. The van der Waals surface area contributed by atoms with Gasteiger partial charge < -0.3 is 9.84 Å². The predicted octanol–water partition coefficient (Wildman–Crippen LogP) is 1.72. The van der Waals surface area contributed by atoms with Crippen LogP contribution in [0.25, 0.3) is 0 Å². The number of nitrogens with zero attached hydrogens (tertiary/aromatic N) is 1. The van der Waals surface area contributed by atoms with E-state index in [1.807, 2.05) is 0 Å². The second-order valence-corrected chi connectivity index (χ2v) is 5.96. The van der Waals surface area contributed by atoms with Crippen LogP contribution >= 0.6 is 0 Å². The van der Waals surface area contributed by atoms with Crippen LogP contribution in [0.1, 0.15) is 34.1 Å². The van der Waals surface area contributed by atoms with Crippen LogP contribution in [0.3, 0.4) is 0 Å². The van der Waals surface area contributed by atoms with Gasteiger partial charge in [-0.1, -0.05) is 0 Å². The highest BCUT2D eigenvalue weighted by Gasteiger charge is 2.57. The summed E-state index contributed by atoms with van der Waals surface area (Å²) in [7, 11) is 0. The number of aliphatic hydroxyl groups is 1. The summed E-state index contributed by atoms with van der Waals surface area (Å²) < 4.78 is 43.1. The van der Waals surface area contributed by atoms with Gasteiger partial charge in [0.2, 0.25) is 0 Å². The first-order chi connectivity index (χ1) is 8.36. The summed E-state index contributed by atoms with van der Waals surface area (Å²) in [6, 6.07) is -0.810. The SMILES string of the molecule is CC(C(=O)OC(C)(C)C)N1CCC(O)(C(F)(F)F)C1. The summed E-state index contributed by atoms with van der Waals surface area (Å²) in [4.78, 5) is 13.1. The molecule has 1 N–H and O–H groups in total. The van der Waals surface area contributed by atoms with Gasteiger partial charge in [-0.3, -0.25) is 9.69 Å². The Labute approximate surface area is 110 Å². The molecule has 1 fully saturated rings. The van der Waals surface area contributed by atoms with E-state index in [4.69, 9.17) is 4.74 Å². The number of rotatable bonds is 2. The molecule has 1 saturated heterocycles. The number of esters is 1. The Bertz CT molecular complexity index is 351. The molecule has 0 aromatic heterocycles. The molecule has 112 valence electrons. The average molecular weight is 283 g/mol. The molecule has 1 aliphatic heterocycles. The van der Waals surface area contributed by atoms with E-state index in [0.29, 0.717) is 0 Å². The molecule has 2 unspecified atom stereocenters. The van der Waals surface area contributed by atoms with Gasteiger partial charge in [0.1, 0.15) is 11.6 Å². The molecule has 0 aromatic rings. The zero-order chi connectivity index (χ0) is 15.1. The maximum Gasteiger partial charge on any atom is 0.418 e. The monoisotopic (exact) mass is 283 g/mol. The number of halogens is 3. The zero-order valence-corrected chi connectivity index (χ0v) is 11.5. The molecule has 0 aromatic carbocycles. The fourth-order valence-corrected chi connectivity index (χ4v) is 1.92. The summed E-state index contributed by atoms with van der Waals surface area (Å²) in [6.07, 6.45) is -5.11. The molecule has 1 heterocycles. The average Bonchev–Trinajstić information content (AvgIpc) is 2.57. The molecule has 1 rings (SSSR count). The predicted molar refractivity (Wildman–Crippen MR) is 62.5 cm³/mol. The molecule has 7 heteroatoms. The lowest BCUT2D eigenvalue weighted by molar-refractivity contribution is -0.254. The van der Waals surface area contributed by atoms with Crippen molar-refractivity contribution in [1.82, 2.24) is 4.90 Å². The van der Waals surface area contributed by atoms with Crippen LogP contribution in [0.5, 0.6) is 0 Å². The first-order valence-corrected chi connectivity index (χ1v) is 6.12. The van der Waals surface area contributed by atoms with Gasteiger partial charge in [0.25, 0.3) is 0 Å². The molecular weight excluding hydrogens is 263 g/mol. The zero-order valence-electron chi connectivity index (χ0n) is 11.5. The molecule has 0 spiro atoms. The van der Waals surface area contributed by atoms with E-state index in [1.165, 1.54) is 11.8 Å². The first kappa shape index (κ1) is 16.2. The highest BCUT2D eigenvalue weighted by Crippen LogP contribution is 2.38. The molecule has 0 aliphatic carbocycles. The minimum Gasteiger partial charge on any atom is -0.459 e. The van der Waals surface area contributed by atoms with Crippen LogP contribution in [0.2, 0.25) is 0 Å². The number of β-amino-alcohol motifs (C(OH)–C–C–N with tert-alkyl or cyclic N) is 1. The van der Waals surface area contributed by atoms with Gasteiger partial charge in [-0.25, -0.2) is 0 Å². The molecule has 0 bridgehead atoms. The topological polar surface area (TPSA) is 49.8 Å². The van der Waals surface area contributed by atoms with Crippen molar-refractivity contribution in [2.24, 2.45) is 0 Å². The van der Waals surface area contributed by atoms with Crippen molar-refractivity contribution in [1.29, 1.82) is 0 Å². The largest absolute Gasteiger partial charge is 0.459 e. The van der Waals surface area contributed by atoms with Gasteiger partial charge in [0, 0.05) is 13.1 Å². The fourth-order valence-electron chi connectivity index (χ4n) is 1.92. The van der Waals surface area contributed by atoms with Gasteiger partial charge in [0.05, 0.1) is 0 Å². The molecule has 2 atom stereocenters. The van der Waals surface area contributed by atoms with Gasteiger partial charge in [-0.05, 0) is 34.1 Å². The van der Waals surface area contributed by atoms with Crippen LogP contribution in [0.4, 0.5) is 13.2 Å². The third-order valence-corrected chi connectivity index (χ3v) is 3.10. The van der Waals surface area contributed by atoms with E-state index in [-0.39, 0.29) is 6.54 Å². The normalized spacial score (nSPS) is 27.4. The van der Waals surface area contributed by atoms with Crippen molar-refractivity contribution in [3.8, 4) is 0 Å². The smallest absolute Gasteiger partial charge is 0.418 e. The van der Waals surface area contributed by atoms with Gasteiger partial charge >= 0.3 is 12.1 Å². The van der Waals surface area contributed by atoms with E-state index >= 15 is 0 Å². The van der Waals surface area contributed by atoms with E-state index in [1.54, 1.807) is 20.8 Å². The molecule has 0 saturated carbocycles. The van der Waals surface area contributed by atoms with Crippen LogP contribution in [-0.4, -0.2) is 52.5 Å². The van der Waals surface area contributed by atoms with Gasteiger partial charge in [-0.15, -0.1) is 0 Å². The van der Waals surface area contributed by atoms with Crippen molar-refractivity contribution in [3.63, 3.8) is 0 Å². The van der Waals surface area contributed by atoms with Crippen molar-refractivity contribution in [2.75, 3.05) is 13.1 Å². The highest BCUT2D eigenvalue weighted by molar-refractivity contribution is 5.75. The molecule has 0 amide bonds. The lowest BCUT2D eigenvalue weighted by atomic mass is 10.0. The third-order valence-electron chi connectivity index (χ3n) is 3.10. The van der Waals surface area contributed by atoms with E-state index in [9.17, 15) is 23.1 Å². The van der Waals surface area contributed by atoms with Gasteiger partial charge in [-0.2, -0.15) is 13.2 Å². The minimum absolute atomic E-state index is 0.0103. The summed E-state index contributed by atoms with van der Waals surface area (Å²) in [5.74, 6) is -0.584. The maximum atomic E-state index is 12.7. The Kier molecular flexibility index (Phi) is 4.22. The Balaban J connectivity index is 2.67. The van der Waals surface area contributed by atoms with Crippen LogP contribution in [0.15, 0.2) is 0 Å². The summed E-state index contributed by atoms with van der Waals surface area (Å²) in [6.45, 7) is 5.96. The van der Waals surface area contributed by atoms with Crippen LogP contribution in [0, 0.1) is 0 Å². The Hall–Kier alpha value is -0.820. The van der Waals surface area contributed by atoms with Gasteiger partial charge in [0.15, 0.2) is 5.60 Å². The van der Waals surface area contributed by atoms with Crippen molar-refractivity contribution < 1.29 is 27.8 Å². The summed E-state index contributed by atoms with van der Waals surface area (Å²) >= 11 is 0. The van der Waals surface area contributed by atoms with Crippen molar-refractivity contribution in [3.05, 3.63) is 0 Å². The molecule has 1 aliphatic rings. The Morgan fingerprint density at radius 1 is 1.37 bits per heavy atom. The van der Waals surface area contributed by atoms with E-state index in [2.05, 4.69) is 0 Å². The molecular formula is C12H20F3NO3. The first-order valence-electron chi connectivity index (χ1n) is 6.12. The maximum absolute atomic E-state index is 12.7. The number of likely N-dealkylation sites (tertiary alicyclic amines) is 1. The Morgan fingerprint density at radius 2 is 1.89 bits per heavy atom. The number of carbonyl (C=O) groups is 1. The van der Waals surface area contributed by atoms with E-state index in [0.717, 1.165) is 0 Å². The third kappa shape index (κ3) is 3.82. The van der Waals surface area contributed by atoms with E-state index < -0.39 is 42.4 Å². The molecule has 19 heavy (non-hydrogen) atoms. The number of hydrogen-bond donors (Lipinski definition) is 1. The molecule has 4 nitrogen and oxygen atoms in total. The number of hydrogen-bond acceptors (Lipinski definition) is 4. The number of alkyl halides is 3. The lowest BCUT2D eigenvalue weighted by Crippen LogP contribution is -2.49. The second-order valence-electron chi connectivity index (χ2n) is 5.96. The summed E-state index contributed by atoms with van der Waals surface area (Å²) in [5, 5.41) is 9.54. The van der Waals surface area contributed by atoms with Crippen molar-refractivity contribution >= 4 is 5.97 Å². The number of ether oxygens (including phenoxy) is 1. The van der Waals surface area contributed by atoms with Crippen molar-refractivity contribution in [2.45, 2.75) is 57.5 Å². The highest BCUT2D eigenvalue weighted by atomic mass is 19.4. The quantitative estimate of drug-likeness (QED) is 0.784. The molecule has 0 radical (unpaired) electrons. The minimum atomic E-state index is -4.69. The number of carbonyl (C=O) groups excluding carboxylic acids is 1. The Morgan fingerprint density at radius 3 is 2.26 bits per heavy atom. The van der Waals surface area contributed by atoms with Crippen LogP contribution in [-0.2, 0) is 9.53 Å². The fraction of sp³-hybridized carbons (Fsp3) is 0.917. The lowest BCUT2D eigenvalue weighted by Gasteiger charge is -2.29. The summed E-state index contributed by atoms with van der Waals surface area (Å²) in [5.41, 5.74) is -3.42. The van der Waals surface area contributed by atoms with Crippen LogP contribution < -0.4 is 0 Å². The second kappa shape index (κ2) is 4.94.